The van der Waals surface area contributed by atoms with Crippen LogP contribution in [0.2, 0.25) is 0 Å². The van der Waals surface area contributed by atoms with Crippen LogP contribution >= 0.6 is 0 Å². The molecule has 8 nitrogen and oxygen atoms in total. The Morgan fingerprint density at radius 1 is 1.26 bits per heavy atom. The minimum absolute atomic E-state index is 0.0254. The molecule has 1 unspecified atom stereocenters. The van der Waals surface area contributed by atoms with Crippen molar-refractivity contribution in [3.05, 3.63) is 53.6 Å². The van der Waals surface area contributed by atoms with Crippen LogP contribution in [0.4, 0.5) is 14.6 Å². The van der Waals surface area contributed by atoms with Crippen molar-refractivity contribution >= 4 is 17.4 Å². The van der Waals surface area contributed by atoms with Crippen LogP contribution in [-0.2, 0) is 9.47 Å². The number of alkyl halides is 2. The molecule has 164 valence electrons. The van der Waals surface area contributed by atoms with E-state index in [1.807, 2.05) is 13.8 Å². The third kappa shape index (κ3) is 4.80. The van der Waals surface area contributed by atoms with E-state index in [1.165, 1.54) is 18.2 Å². The minimum Gasteiger partial charge on any atom is -0.490 e. The van der Waals surface area contributed by atoms with Gasteiger partial charge in [-0.2, -0.15) is 0 Å². The van der Waals surface area contributed by atoms with Gasteiger partial charge in [0.1, 0.15) is 29.0 Å². The molecule has 1 atom stereocenters. The molecule has 3 aromatic heterocycles. The monoisotopic (exact) mass is 432 g/mol. The van der Waals surface area contributed by atoms with Crippen LogP contribution in [0.1, 0.15) is 48.1 Å². The molecule has 1 fully saturated rings. The molecule has 0 aromatic carbocycles. The molecule has 0 saturated carbocycles. The van der Waals surface area contributed by atoms with Gasteiger partial charge in [-0.05, 0) is 26.0 Å². The number of fused-ring (bicyclic) bond motifs is 1. The highest BCUT2D eigenvalue weighted by molar-refractivity contribution is 6.05. The maximum absolute atomic E-state index is 13.0. The van der Waals surface area contributed by atoms with E-state index in [4.69, 9.17) is 14.2 Å². The van der Waals surface area contributed by atoms with Gasteiger partial charge < -0.3 is 23.9 Å². The molecular formula is C21H22F2N4O4. The number of pyridine rings is 2. The SMILES string of the molecule is CC(C)Oc1cc2nc(C3COCCO3)cn2cc1C(=O)Nc1cccc(C(F)F)n1. The van der Waals surface area contributed by atoms with Crippen LogP contribution in [0.5, 0.6) is 5.75 Å². The molecular weight excluding hydrogens is 410 g/mol. The number of aromatic nitrogens is 3. The lowest BCUT2D eigenvalue weighted by molar-refractivity contribution is -0.0916. The summed E-state index contributed by atoms with van der Waals surface area (Å²) in [6.07, 6.45) is 0.128. The maximum Gasteiger partial charge on any atom is 0.280 e. The van der Waals surface area contributed by atoms with Crippen LogP contribution in [0.15, 0.2) is 36.7 Å². The Hall–Kier alpha value is -3.11. The number of nitrogens with zero attached hydrogens (tertiary/aromatic N) is 3. The van der Waals surface area contributed by atoms with E-state index in [-0.39, 0.29) is 23.6 Å². The van der Waals surface area contributed by atoms with Crippen molar-refractivity contribution < 1.29 is 27.8 Å². The molecule has 3 aromatic rings. The second kappa shape index (κ2) is 8.94. The van der Waals surface area contributed by atoms with Crippen molar-refractivity contribution in [1.82, 2.24) is 14.4 Å². The minimum atomic E-state index is -2.73. The Morgan fingerprint density at radius 3 is 2.81 bits per heavy atom. The van der Waals surface area contributed by atoms with Gasteiger partial charge in [0.15, 0.2) is 0 Å². The van der Waals surface area contributed by atoms with Crippen molar-refractivity contribution in [2.45, 2.75) is 32.5 Å². The molecule has 4 rings (SSSR count). The predicted octanol–water partition coefficient (Wildman–Crippen LogP) is 3.79. The number of halogens is 2. The molecule has 1 saturated heterocycles. The number of ether oxygens (including phenoxy) is 3. The molecule has 10 heteroatoms. The van der Waals surface area contributed by atoms with E-state index >= 15 is 0 Å². The second-order valence-electron chi connectivity index (χ2n) is 7.29. The van der Waals surface area contributed by atoms with Gasteiger partial charge in [-0.15, -0.1) is 0 Å². The molecule has 1 N–H and O–H groups in total. The first-order valence-corrected chi connectivity index (χ1v) is 9.86. The quantitative estimate of drug-likeness (QED) is 0.638. The zero-order chi connectivity index (χ0) is 22.0. The third-order valence-corrected chi connectivity index (χ3v) is 4.56. The number of amides is 1. The summed E-state index contributed by atoms with van der Waals surface area (Å²) in [6.45, 7) is 5.10. The van der Waals surface area contributed by atoms with Gasteiger partial charge in [-0.1, -0.05) is 6.07 Å². The highest BCUT2D eigenvalue weighted by atomic mass is 19.3. The first-order chi connectivity index (χ1) is 14.9. The van der Waals surface area contributed by atoms with Crippen molar-refractivity contribution in [2.24, 2.45) is 0 Å². The molecule has 31 heavy (non-hydrogen) atoms. The fourth-order valence-electron chi connectivity index (χ4n) is 3.20. The summed E-state index contributed by atoms with van der Waals surface area (Å²) in [4.78, 5) is 21.3. The zero-order valence-corrected chi connectivity index (χ0v) is 17.0. The van der Waals surface area contributed by atoms with Gasteiger partial charge in [-0.25, -0.2) is 18.7 Å². The average molecular weight is 432 g/mol. The number of nitrogens with one attached hydrogen (secondary N) is 1. The third-order valence-electron chi connectivity index (χ3n) is 4.56. The lowest BCUT2D eigenvalue weighted by Gasteiger charge is -2.20. The number of carbonyl (C=O) groups excluding carboxylic acids is 1. The Kier molecular flexibility index (Phi) is 6.10. The van der Waals surface area contributed by atoms with Crippen LogP contribution in [0.25, 0.3) is 5.65 Å². The lowest BCUT2D eigenvalue weighted by Crippen LogP contribution is -2.22. The summed E-state index contributed by atoms with van der Waals surface area (Å²) >= 11 is 0. The van der Waals surface area contributed by atoms with Gasteiger partial charge in [0.25, 0.3) is 12.3 Å². The summed E-state index contributed by atoms with van der Waals surface area (Å²) in [5, 5.41) is 2.56. The van der Waals surface area contributed by atoms with E-state index in [0.29, 0.717) is 36.9 Å². The van der Waals surface area contributed by atoms with Crippen LogP contribution in [0.3, 0.4) is 0 Å². The summed E-state index contributed by atoms with van der Waals surface area (Å²) in [7, 11) is 0. The number of imidazole rings is 1. The van der Waals surface area contributed by atoms with E-state index in [0.717, 1.165) is 0 Å². The Bertz CT molecular complexity index is 1080. The highest BCUT2D eigenvalue weighted by Crippen LogP contribution is 2.27. The van der Waals surface area contributed by atoms with Gasteiger partial charge in [0.2, 0.25) is 0 Å². The second-order valence-corrected chi connectivity index (χ2v) is 7.29. The van der Waals surface area contributed by atoms with Crippen LogP contribution in [0, 0.1) is 0 Å². The standard InChI is InChI=1S/C21H22F2N4O4/c1-12(2)31-16-8-19-25-15(17-11-29-6-7-30-17)10-27(19)9-13(16)21(28)26-18-5-3-4-14(24-18)20(22)23/h3-5,8-10,12,17,20H,6-7,11H2,1-2H3,(H,24,26,28). The molecule has 0 radical (unpaired) electrons. The molecule has 0 spiro atoms. The normalized spacial score (nSPS) is 16.8. The molecule has 4 heterocycles. The van der Waals surface area contributed by atoms with Crippen molar-refractivity contribution in [1.29, 1.82) is 0 Å². The van der Waals surface area contributed by atoms with Gasteiger partial charge in [0.05, 0.1) is 37.2 Å². The molecule has 1 aliphatic rings. The number of rotatable bonds is 6. The number of anilines is 1. The van der Waals surface area contributed by atoms with E-state index in [1.54, 1.807) is 22.9 Å². The summed E-state index contributed by atoms with van der Waals surface area (Å²) < 4.78 is 44.5. The largest absolute Gasteiger partial charge is 0.490 e. The molecule has 1 amide bonds. The summed E-state index contributed by atoms with van der Waals surface area (Å²) in [5.74, 6) is -0.190. The maximum atomic E-state index is 13.0. The van der Waals surface area contributed by atoms with Gasteiger partial charge >= 0.3 is 0 Å². The van der Waals surface area contributed by atoms with Gasteiger partial charge in [-0.3, -0.25) is 4.79 Å². The zero-order valence-electron chi connectivity index (χ0n) is 17.0. The van der Waals surface area contributed by atoms with E-state index in [2.05, 4.69) is 15.3 Å². The Labute approximate surface area is 177 Å². The Morgan fingerprint density at radius 2 is 2.10 bits per heavy atom. The fraction of sp³-hybridized carbons (Fsp3) is 0.381. The van der Waals surface area contributed by atoms with E-state index < -0.39 is 18.0 Å². The summed E-state index contributed by atoms with van der Waals surface area (Å²) in [6, 6.07) is 5.71. The first kappa shape index (κ1) is 21.1. The topological polar surface area (TPSA) is 87.0 Å². The molecule has 0 aliphatic carbocycles. The van der Waals surface area contributed by atoms with Crippen molar-refractivity contribution in [2.75, 3.05) is 25.1 Å². The first-order valence-electron chi connectivity index (χ1n) is 9.86. The summed E-state index contributed by atoms with van der Waals surface area (Å²) in [5.41, 5.74) is 1.06. The van der Waals surface area contributed by atoms with Crippen LogP contribution < -0.4 is 10.1 Å². The number of hydrogen-bond acceptors (Lipinski definition) is 6. The van der Waals surface area contributed by atoms with Crippen LogP contribution in [-0.4, -0.2) is 46.2 Å². The van der Waals surface area contributed by atoms with Gasteiger partial charge in [0, 0.05) is 18.5 Å². The smallest absolute Gasteiger partial charge is 0.280 e. The van der Waals surface area contributed by atoms with Crippen molar-refractivity contribution in [3.8, 4) is 5.75 Å². The number of hydrogen-bond donors (Lipinski definition) is 1. The average Bonchev–Trinajstić information content (AvgIpc) is 3.16. The lowest BCUT2D eigenvalue weighted by atomic mass is 10.2. The van der Waals surface area contributed by atoms with Crippen molar-refractivity contribution in [3.63, 3.8) is 0 Å². The predicted molar refractivity (Wildman–Crippen MR) is 108 cm³/mol. The number of carbonyl (C=O) groups is 1. The molecule has 0 bridgehead atoms. The Balaban J connectivity index is 1.67. The molecule has 1 aliphatic heterocycles. The fourth-order valence-corrected chi connectivity index (χ4v) is 3.20. The van der Waals surface area contributed by atoms with E-state index in [9.17, 15) is 13.6 Å². The highest BCUT2D eigenvalue weighted by Gasteiger charge is 2.22.